The second kappa shape index (κ2) is 6.15. The van der Waals surface area contributed by atoms with Gasteiger partial charge in [-0.05, 0) is 24.5 Å². The topological polar surface area (TPSA) is 74.3 Å². The fraction of sp³-hybridized carbons (Fsp3) is 0.400. The number of ether oxygens (including phenoxy) is 2. The van der Waals surface area contributed by atoms with Crippen LogP contribution in [0.15, 0.2) is 30.6 Å². The fourth-order valence-corrected chi connectivity index (χ4v) is 2.61. The highest BCUT2D eigenvalue weighted by Gasteiger charge is 2.21. The molecular weight excluding hydrogens is 268 g/mol. The molecule has 0 saturated carbocycles. The number of hydrogen-bond acceptors (Lipinski definition) is 5. The summed E-state index contributed by atoms with van der Waals surface area (Å²) in [6, 6.07) is 5.94. The smallest absolute Gasteiger partial charge is 0.166 e. The first-order valence-electron chi connectivity index (χ1n) is 7.10. The predicted molar refractivity (Wildman–Crippen MR) is 79.0 cm³/mol. The largest absolute Gasteiger partial charge is 0.486 e. The van der Waals surface area contributed by atoms with Crippen molar-refractivity contribution in [3.63, 3.8) is 0 Å². The maximum atomic E-state index is 5.76. The Hall–Kier alpha value is -2.05. The third-order valence-corrected chi connectivity index (χ3v) is 3.65. The molecule has 2 aromatic rings. The van der Waals surface area contributed by atoms with Gasteiger partial charge in [-0.15, -0.1) is 0 Å². The van der Waals surface area contributed by atoms with Gasteiger partial charge >= 0.3 is 0 Å². The average Bonchev–Trinajstić information content (AvgIpc) is 2.93. The van der Waals surface area contributed by atoms with E-state index in [1.165, 1.54) is 5.56 Å². The number of nitrogens with zero attached hydrogens (tertiary/aromatic N) is 2. The fourth-order valence-electron chi connectivity index (χ4n) is 2.61. The lowest BCUT2D eigenvalue weighted by Crippen LogP contribution is -2.29. The average molecular weight is 288 g/mol. The van der Waals surface area contributed by atoms with E-state index in [0.717, 1.165) is 29.9 Å². The molecule has 0 saturated heterocycles. The van der Waals surface area contributed by atoms with Gasteiger partial charge in [-0.1, -0.05) is 12.1 Å². The summed E-state index contributed by atoms with van der Waals surface area (Å²) in [4.78, 5) is 0. The summed E-state index contributed by atoms with van der Waals surface area (Å²) < 4.78 is 13.2. The highest BCUT2D eigenvalue weighted by molar-refractivity contribution is 5.48. The summed E-state index contributed by atoms with van der Waals surface area (Å²) in [5.41, 5.74) is 5.12. The van der Waals surface area contributed by atoms with E-state index >= 15 is 0 Å². The van der Waals surface area contributed by atoms with Crippen LogP contribution in [0.25, 0.3) is 0 Å². The number of benzene rings is 1. The molecule has 3 rings (SSSR count). The molecule has 1 aliphatic heterocycles. The molecule has 1 aromatic carbocycles. The molecule has 0 bridgehead atoms. The number of rotatable bonds is 5. The van der Waals surface area contributed by atoms with Crippen molar-refractivity contribution in [2.45, 2.75) is 18.9 Å². The number of aryl methyl sites for hydroxylation is 2. The molecule has 6 nitrogen and oxygen atoms in total. The van der Waals surface area contributed by atoms with Crippen LogP contribution in [-0.4, -0.2) is 23.0 Å². The number of hydrogen-bond donors (Lipinski definition) is 2. The molecule has 6 heteroatoms. The second-order valence-electron chi connectivity index (χ2n) is 5.15. The van der Waals surface area contributed by atoms with Crippen LogP contribution >= 0.6 is 0 Å². The maximum absolute atomic E-state index is 5.76. The Bertz CT molecular complexity index is 611. The van der Waals surface area contributed by atoms with E-state index in [2.05, 4.69) is 10.5 Å². The van der Waals surface area contributed by atoms with Gasteiger partial charge in [0.25, 0.3) is 0 Å². The van der Waals surface area contributed by atoms with Crippen LogP contribution < -0.4 is 20.7 Å². The Morgan fingerprint density at radius 1 is 1.38 bits per heavy atom. The van der Waals surface area contributed by atoms with Crippen molar-refractivity contribution < 1.29 is 9.47 Å². The summed E-state index contributed by atoms with van der Waals surface area (Å²) >= 11 is 0. The van der Waals surface area contributed by atoms with Gasteiger partial charge in [0.05, 0.1) is 12.2 Å². The minimum atomic E-state index is 0.0156. The zero-order valence-electron chi connectivity index (χ0n) is 12.1. The summed E-state index contributed by atoms with van der Waals surface area (Å²) in [6.07, 6.45) is 5.66. The zero-order chi connectivity index (χ0) is 14.7. The monoisotopic (exact) mass is 288 g/mol. The number of para-hydroxylation sites is 1. The van der Waals surface area contributed by atoms with Crippen LogP contribution in [0.2, 0.25) is 0 Å². The standard InChI is InChI=1S/C15H20N4O2/c1-19-10-11(9-17-19)5-6-13(18-16)12-3-2-4-14-15(12)21-8-7-20-14/h2-4,9-10,13,18H,5-8,16H2,1H3. The molecule has 0 amide bonds. The highest BCUT2D eigenvalue weighted by Crippen LogP contribution is 2.37. The number of nitrogens with two attached hydrogens (primary N) is 1. The molecule has 0 radical (unpaired) electrons. The maximum Gasteiger partial charge on any atom is 0.166 e. The van der Waals surface area contributed by atoms with Crippen LogP contribution in [-0.2, 0) is 13.5 Å². The predicted octanol–water partition coefficient (Wildman–Crippen LogP) is 1.33. The van der Waals surface area contributed by atoms with Crippen molar-refractivity contribution in [1.82, 2.24) is 15.2 Å². The Morgan fingerprint density at radius 3 is 3.00 bits per heavy atom. The zero-order valence-corrected chi connectivity index (χ0v) is 12.1. The molecule has 2 heterocycles. The molecule has 1 atom stereocenters. The molecule has 21 heavy (non-hydrogen) atoms. The van der Waals surface area contributed by atoms with E-state index < -0.39 is 0 Å². The molecule has 0 fully saturated rings. The third-order valence-electron chi connectivity index (χ3n) is 3.65. The SMILES string of the molecule is Cn1cc(CCC(NN)c2cccc3c2OCCO3)cn1. The Labute approximate surface area is 123 Å². The van der Waals surface area contributed by atoms with Crippen LogP contribution in [0.5, 0.6) is 11.5 Å². The lowest BCUT2D eigenvalue weighted by molar-refractivity contribution is 0.168. The van der Waals surface area contributed by atoms with Gasteiger partial charge in [0.2, 0.25) is 0 Å². The lowest BCUT2D eigenvalue weighted by Gasteiger charge is -2.24. The Kier molecular flexibility index (Phi) is 4.08. The summed E-state index contributed by atoms with van der Waals surface area (Å²) in [5, 5.41) is 4.18. The first-order valence-corrected chi connectivity index (χ1v) is 7.10. The molecule has 1 aromatic heterocycles. The van der Waals surface area contributed by atoms with Gasteiger partial charge < -0.3 is 9.47 Å². The van der Waals surface area contributed by atoms with Crippen LogP contribution in [0.1, 0.15) is 23.6 Å². The molecule has 0 aliphatic carbocycles. The first-order chi connectivity index (χ1) is 10.3. The summed E-state index contributed by atoms with van der Waals surface area (Å²) in [5.74, 6) is 7.34. The lowest BCUT2D eigenvalue weighted by atomic mass is 9.99. The van der Waals surface area contributed by atoms with Gasteiger partial charge in [-0.2, -0.15) is 5.10 Å². The van der Waals surface area contributed by atoms with Crippen molar-refractivity contribution in [2.24, 2.45) is 12.9 Å². The second-order valence-corrected chi connectivity index (χ2v) is 5.15. The van der Waals surface area contributed by atoms with Gasteiger partial charge in [0.1, 0.15) is 13.2 Å². The minimum Gasteiger partial charge on any atom is -0.486 e. The first kappa shape index (κ1) is 13.9. The Morgan fingerprint density at radius 2 is 2.24 bits per heavy atom. The molecule has 1 unspecified atom stereocenters. The minimum absolute atomic E-state index is 0.0156. The van der Waals surface area contributed by atoms with Gasteiger partial charge in [-0.3, -0.25) is 16.0 Å². The Balaban J connectivity index is 1.76. The molecular formula is C15H20N4O2. The van der Waals surface area contributed by atoms with E-state index in [9.17, 15) is 0 Å². The van der Waals surface area contributed by atoms with E-state index in [1.54, 1.807) is 0 Å². The van der Waals surface area contributed by atoms with Crippen molar-refractivity contribution >= 4 is 0 Å². The van der Waals surface area contributed by atoms with Crippen molar-refractivity contribution in [3.8, 4) is 11.5 Å². The van der Waals surface area contributed by atoms with E-state index in [4.69, 9.17) is 15.3 Å². The van der Waals surface area contributed by atoms with Crippen molar-refractivity contribution in [3.05, 3.63) is 41.7 Å². The molecule has 3 N–H and O–H groups in total. The number of hydrazine groups is 1. The molecule has 112 valence electrons. The van der Waals surface area contributed by atoms with Gasteiger partial charge in [0, 0.05) is 18.8 Å². The molecule has 0 spiro atoms. The summed E-state index contributed by atoms with van der Waals surface area (Å²) in [6.45, 7) is 1.16. The number of fused-ring (bicyclic) bond motifs is 1. The van der Waals surface area contributed by atoms with Crippen molar-refractivity contribution in [2.75, 3.05) is 13.2 Å². The normalized spacial score (nSPS) is 15.0. The van der Waals surface area contributed by atoms with E-state index in [1.807, 2.05) is 42.3 Å². The van der Waals surface area contributed by atoms with E-state index in [0.29, 0.717) is 13.2 Å². The van der Waals surface area contributed by atoms with Gasteiger partial charge in [-0.25, -0.2) is 0 Å². The summed E-state index contributed by atoms with van der Waals surface area (Å²) in [7, 11) is 1.92. The quantitative estimate of drug-likeness (QED) is 0.641. The molecule has 1 aliphatic rings. The third kappa shape index (κ3) is 3.01. The van der Waals surface area contributed by atoms with Crippen LogP contribution in [0.3, 0.4) is 0 Å². The van der Waals surface area contributed by atoms with Gasteiger partial charge in [0.15, 0.2) is 11.5 Å². The highest BCUT2D eigenvalue weighted by atomic mass is 16.6. The van der Waals surface area contributed by atoms with Crippen LogP contribution in [0, 0.1) is 0 Å². The number of aromatic nitrogens is 2. The van der Waals surface area contributed by atoms with Crippen molar-refractivity contribution in [1.29, 1.82) is 0 Å². The van der Waals surface area contributed by atoms with Crippen LogP contribution in [0.4, 0.5) is 0 Å². The van der Waals surface area contributed by atoms with E-state index in [-0.39, 0.29) is 6.04 Å². The number of nitrogens with one attached hydrogen (secondary N) is 1.